The minimum atomic E-state index is 0.546. The molecule has 0 aromatic heterocycles. The van der Waals surface area contributed by atoms with Gasteiger partial charge in [0.25, 0.3) is 0 Å². The summed E-state index contributed by atoms with van der Waals surface area (Å²) < 4.78 is 0. The Labute approximate surface area is 144 Å². The second kappa shape index (κ2) is 5.77. The highest BCUT2D eigenvalue weighted by Gasteiger charge is 2.29. The Morgan fingerprint density at radius 1 is 0.625 bits per heavy atom. The minimum absolute atomic E-state index is 0.546. The maximum atomic E-state index is 2.41. The Hall–Kier alpha value is -2.08. The summed E-state index contributed by atoms with van der Waals surface area (Å²) in [6.07, 6.45) is 8.15. The Morgan fingerprint density at radius 3 is 2.17 bits per heavy atom. The monoisotopic (exact) mass is 312 g/mol. The lowest BCUT2D eigenvalue weighted by Crippen LogP contribution is -2.10. The predicted octanol–water partition coefficient (Wildman–Crippen LogP) is 6.58. The second-order valence-electron chi connectivity index (χ2n) is 7.58. The molecular formula is C24H24. The molecule has 0 heterocycles. The van der Waals surface area contributed by atoms with Crippen LogP contribution in [-0.4, -0.2) is 0 Å². The molecule has 1 saturated carbocycles. The van der Waals surface area contributed by atoms with Crippen molar-refractivity contribution in [1.29, 1.82) is 0 Å². The van der Waals surface area contributed by atoms with Gasteiger partial charge in [-0.3, -0.25) is 0 Å². The first kappa shape index (κ1) is 14.3. The van der Waals surface area contributed by atoms with Gasteiger partial charge < -0.3 is 0 Å². The highest BCUT2D eigenvalue weighted by molar-refractivity contribution is 5.92. The van der Waals surface area contributed by atoms with Gasteiger partial charge in [0.1, 0.15) is 0 Å². The van der Waals surface area contributed by atoms with Gasteiger partial charge >= 0.3 is 0 Å². The van der Waals surface area contributed by atoms with E-state index in [1.165, 1.54) is 54.9 Å². The van der Waals surface area contributed by atoms with Crippen molar-refractivity contribution in [1.82, 2.24) is 0 Å². The van der Waals surface area contributed by atoms with Gasteiger partial charge in [0.15, 0.2) is 0 Å². The Kier molecular flexibility index (Phi) is 3.43. The van der Waals surface area contributed by atoms with Crippen molar-refractivity contribution in [3.8, 4) is 0 Å². The molecule has 1 unspecified atom stereocenters. The lowest BCUT2D eigenvalue weighted by atomic mass is 9.78. The Bertz CT molecular complexity index is 878. The van der Waals surface area contributed by atoms with Crippen LogP contribution in [0.2, 0.25) is 0 Å². The SMILES string of the molecule is c1ccc(C2Cc3cccc4cccc2c34)c(C2CCCCC2)c1. The average Bonchev–Trinajstić information content (AvgIpc) is 3.03. The van der Waals surface area contributed by atoms with E-state index in [2.05, 4.69) is 60.7 Å². The quantitative estimate of drug-likeness (QED) is 0.501. The summed E-state index contributed by atoms with van der Waals surface area (Å²) in [4.78, 5) is 0. The van der Waals surface area contributed by atoms with Gasteiger partial charge in [-0.1, -0.05) is 79.9 Å². The van der Waals surface area contributed by atoms with Crippen LogP contribution in [0.4, 0.5) is 0 Å². The van der Waals surface area contributed by atoms with Crippen LogP contribution in [0.25, 0.3) is 10.8 Å². The van der Waals surface area contributed by atoms with Crippen LogP contribution in [0.3, 0.4) is 0 Å². The summed E-state index contributed by atoms with van der Waals surface area (Å²) in [6, 6.07) is 23.0. The summed E-state index contributed by atoms with van der Waals surface area (Å²) in [5.74, 6) is 1.32. The smallest absolute Gasteiger partial charge is 0.0139 e. The van der Waals surface area contributed by atoms with Gasteiger partial charge in [0, 0.05) is 5.92 Å². The van der Waals surface area contributed by atoms with Crippen LogP contribution in [0.5, 0.6) is 0 Å². The zero-order valence-electron chi connectivity index (χ0n) is 14.2. The molecule has 3 aromatic rings. The highest BCUT2D eigenvalue weighted by atomic mass is 14.3. The van der Waals surface area contributed by atoms with Crippen LogP contribution in [0.15, 0.2) is 60.7 Å². The van der Waals surface area contributed by atoms with Crippen molar-refractivity contribution in [2.45, 2.75) is 50.4 Å². The molecule has 2 aliphatic rings. The first-order chi connectivity index (χ1) is 11.9. The Morgan fingerprint density at radius 2 is 1.33 bits per heavy atom. The van der Waals surface area contributed by atoms with Crippen molar-refractivity contribution in [2.75, 3.05) is 0 Å². The summed E-state index contributed by atoms with van der Waals surface area (Å²) in [5, 5.41) is 2.92. The van der Waals surface area contributed by atoms with E-state index in [9.17, 15) is 0 Å². The fourth-order valence-corrected chi connectivity index (χ4v) is 5.13. The number of benzene rings is 3. The van der Waals surface area contributed by atoms with Gasteiger partial charge in [-0.05, 0) is 58.2 Å². The van der Waals surface area contributed by atoms with Crippen molar-refractivity contribution in [2.24, 2.45) is 0 Å². The molecule has 0 N–H and O–H groups in total. The van der Waals surface area contributed by atoms with Gasteiger partial charge in [-0.25, -0.2) is 0 Å². The molecule has 1 atom stereocenters. The van der Waals surface area contributed by atoms with Crippen LogP contribution in [0.1, 0.15) is 66.2 Å². The summed E-state index contributed by atoms with van der Waals surface area (Å²) >= 11 is 0. The first-order valence-corrected chi connectivity index (χ1v) is 9.51. The maximum absolute atomic E-state index is 2.41. The second-order valence-corrected chi connectivity index (χ2v) is 7.58. The van der Waals surface area contributed by atoms with Crippen LogP contribution in [-0.2, 0) is 6.42 Å². The van der Waals surface area contributed by atoms with E-state index in [0.717, 1.165) is 5.92 Å². The topological polar surface area (TPSA) is 0 Å². The Balaban J connectivity index is 1.63. The third-order valence-corrected chi connectivity index (χ3v) is 6.24. The van der Waals surface area contributed by atoms with Gasteiger partial charge in [-0.2, -0.15) is 0 Å². The summed E-state index contributed by atoms with van der Waals surface area (Å²) in [5.41, 5.74) is 6.30. The van der Waals surface area contributed by atoms with E-state index >= 15 is 0 Å². The predicted molar refractivity (Wildman–Crippen MR) is 102 cm³/mol. The van der Waals surface area contributed by atoms with Gasteiger partial charge in [0.2, 0.25) is 0 Å². The molecule has 5 rings (SSSR count). The summed E-state index contributed by atoms with van der Waals surface area (Å²) in [7, 11) is 0. The molecule has 24 heavy (non-hydrogen) atoms. The third kappa shape index (κ3) is 2.20. The van der Waals surface area contributed by atoms with Gasteiger partial charge in [0.05, 0.1) is 0 Å². The number of hydrogen-bond donors (Lipinski definition) is 0. The molecule has 0 bridgehead atoms. The zero-order chi connectivity index (χ0) is 15.9. The fourth-order valence-electron chi connectivity index (χ4n) is 5.13. The largest absolute Gasteiger partial charge is 0.0620 e. The normalized spacial score (nSPS) is 20.6. The molecule has 0 radical (unpaired) electrons. The minimum Gasteiger partial charge on any atom is -0.0620 e. The first-order valence-electron chi connectivity index (χ1n) is 9.51. The van der Waals surface area contributed by atoms with Crippen LogP contribution >= 0.6 is 0 Å². The number of hydrogen-bond acceptors (Lipinski definition) is 0. The number of rotatable bonds is 2. The maximum Gasteiger partial charge on any atom is 0.0139 e. The fraction of sp³-hybridized carbons (Fsp3) is 0.333. The van der Waals surface area contributed by atoms with Gasteiger partial charge in [-0.15, -0.1) is 0 Å². The lowest BCUT2D eigenvalue weighted by molar-refractivity contribution is 0.440. The molecule has 0 heteroatoms. The lowest BCUT2D eigenvalue weighted by Gasteiger charge is -2.26. The third-order valence-electron chi connectivity index (χ3n) is 6.24. The van der Waals surface area contributed by atoms with Crippen LogP contribution < -0.4 is 0 Å². The van der Waals surface area contributed by atoms with E-state index in [4.69, 9.17) is 0 Å². The molecule has 0 aliphatic heterocycles. The molecule has 0 nitrogen and oxygen atoms in total. The standard InChI is InChI=1S/C24H24/c1-2-8-17(9-3-1)20-13-4-5-14-21(20)23-16-19-12-6-10-18-11-7-15-22(23)24(18)19/h4-7,10-15,17,23H,1-3,8-9,16H2. The van der Waals surface area contributed by atoms with Crippen molar-refractivity contribution < 1.29 is 0 Å². The molecule has 2 aliphatic carbocycles. The molecule has 0 saturated heterocycles. The van der Waals surface area contributed by atoms with Crippen molar-refractivity contribution >= 4 is 10.8 Å². The molecular weight excluding hydrogens is 288 g/mol. The highest BCUT2D eigenvalue weighted by Crippen LogP contribution is 2.45. The van der Waals surface area contributed by atoms with Crippen LogP contribution in [0, 0.1) is 0 Å². The molecule has 0 spiro atoms. The van der Waals surface area contributed by atoms with Crippen molar-refractivity contribution in [3.63, 3.8) is 0 Å². The van der Waals surface area contributed by atoms with E-state index in [-0.39, 0.29) is 0 Å². The summed E-state index contributed by atoms with van der Waals surface area (Å²) in [6.45, 7) is 0. The zero-order valence-corrected chi connectivity index (χ0v) is 14.2. The molecule has 3 aromatic carbocycles. The molecule has 120 valence electrons. The van der Waals surface area contributed by atoms with E-state index in [1.807, 2.05) is 0 Å². The van der Waals surface area contributed by atoms with Crippen molar-refractivity contribution in [3.05, 3.63) is 82.9 Å². The average molecular weight is 312 g/mol. The van der Waals surface area contributed by atoms with E-state index in [0.29, 0.717) is 5.92 Å². The van der Waals surface area contributed by atoms with E-state index in [1.54, 1.807) is 16.7 Å². The molecule has 1 fully saturated rings. The molecule has 0 amide bonds. The van der Waals surface area contributed by atoms with E-state index < -0.39 is 0 Å².